The third-order valence-electron chi connectivity index (χ3n) is 3.57. The van der Waals surface area contributed by atoms with Crippen molar-refractivity contribution in [2.24, 2.45) is 0 Å². The van der Waals surface area contributed by atoms with Crippen LogP contribution in [0.5, 0.6) is 0 Å². The Balaban J connectivity index is 2.66. The van der Waals surface area contributed by atoms with Crippen LogP contribution in [0.2, 0.25) is 5.02 Å². The highest BCUT2D eigenvalue weighted by Crippen LogP contribution is 2.31. The smallest absolute Gasteiger partial charge is 0.339 e. The van der Waals surface area contributed by atoms with E-state index in [9.17, 15) is 23.3 Å². The number of benzene rings is 2. The molecular weight excluding hydrogens is 396 g/mol. The van der Waals surface area contributed by atoms with Gasteiger partial charge < -0.3 is 4.74 Å². The first-order valence-corrected chi connectivity index (χ1v) is 9.30. The molecular formula is C17H15ClN2O6S. The number of nitro benzene ring substituents is 1. The lowest BCUT2D eigenvalue weighted by atomic mass is 10.2. The van der Waals surface area contributed by atoms with Gasteiger partial charge in [0.15, 0.2) is 4.90 Å². The van der Waals surface area contributed by atoms with E-state index >= 15 is 0 Å². The Kier molecular flexibility index (Phi) is 6.19. The molecule has 142 valence electrons. The van der Waals surface area contributed by atoms with E-state index in [1.807, 2.05) is 0 Å². The molecule has 0 heterocycles. The van der Waals surface area contributed by atoms with E-state index in [4.69, 9.17) is 11.6 Å². The molecule has 0 spiro atoms. The molecule has 0 aromatic heterocycles. The van der Waals surface area contributed by atoms with Crippen LogP contribution in [0.25, 0.3) is 0 Å². The molecule has 0 aliphatic carbocycles. The standard InChI is InChI=1S/C17H15ClN2O6S/c1-3-10-19(12-8-9-14(18)13(11-12)17(21)26-2)27(24,25)16-7-5-4-6-15(16)20(22)23/h3-9,11H,1,10H2,2H3. The Hall–Kier alpha value is -2.91. The number of halogens is 1. The second-order valence-corrected chi connectivity index (χ2v) is 7.44. The fraction of sp³-hybridized carbons (Fsp3) is 0.118. The molecule has 2 aromatic carbocycles. The van der Waals surface area contributed by atoms with E-state index < -0.39 is 31.5 Å². The summed E-state index contributed by atoms with van der Waals surface area (Å²) >= 11 is 5.97. The van der Waals surface area contributed by atoms with Gasteiger partial charge in [-0.05, 0) is 24.3 Å². The SMILES string of the molecule is C=CCN(c1ccc(Cl)c(C(=O)OC)c1)S(=O)(=O)c1ccccc1[N+](=O)[O-]. The number of ether oxygens (including phenoxy) is 1. The van der Waals surface area contributed by atoms with Gasteiger partial charge in [-0.3, -0.25) is 14.4 Å². The predicted octanol–water partition coefficient (Wildman–Crippen LogP) is 3.42. The summed E-state index contributed by atoms with van der Waals surface area (Å²) in [5.41, 5.74) is -0.518. The molecule has 0 aliphatic heterocycles. The van der Waals surface area contributed by atoms with E-state index in [0.717, 1.165) is 23.5 Å². The quantitative estimate of drug-likeness (QED) is 0.299. The van der Waals surface area contributed by atoms with Gasteiger partial charge in [-0.15, -0.1) is 6.58 Å². The number of carbonyl (C=O) groups excluding carboxylic acids is 1. The van der Waals surface area contributed by atoms with Crippen LogP contribution in [0.15, 0.2) is 60.0 Å². The van der Waals surface area contributed by atoms with Gasteiger partial charge in [0.25, 0.3) is 15.7 Å². The van der Waals surface area contributed by atoms with Crippen LogP contribution in [-0.2, 0) is 14.8 Å². The van der Waals surface area contributed by atoms with Crippen molar-refractivity contribution in [1.29, 1.82) is 0 Å². The fourth-order valence-electron chi connectivity index (χ4n) is 2.34. The van der Waals surface area contributed by atoms with Crippen molar-refractivity contribution >= 4 is 39.0 Å². The summed E-state index contributed by atoms with van der Waals surface area (Å²) in [6, 6.07) is 8.95. The lowest BCUT2D eigenvalue weighted by molar-refractivity contribution is -0.387. The van der Waals surface area contributed by atoms with E-state index in [2.05, 4.69) is 11.3 Å². The lowest BCUT2D eigenvalue weighted by Gasteiger charge is -2.23. The molecule has 2 rings (SSSR count). The van der Waals surface area contributed by atoms with Crippen molar-refractivity contribution in [3.8, 4) is 0 Å². The summed E-state index contributed by atoms with van der Waals surface area (Å²) in [6.07, 6.45) is 1.32. The zero-order valence-electron chi connectivity index (χ0n) is 14.2. The molecule has 0 radical (unpaired) electrons. The molecule has 8 nitrogen and oxygen atoms in total. The average Bonchev–Trinajstić information content (AvgIpc) is 2.66. The zero-order valence-corrected chi connectivity index (χ0v) is 15.7. The fourth-order valence-corrected chi connectivity index (χ4v) is 4.12. The minimum absolute atomic E-state index is 0.0384. The summed E-state index contributed by atoms with van der Waals surface area (Å²) in [7, 11) is -3.17. The third-order valence-corrected chi connectivity index (χ3v) is 5.74. The first-order valence-electron chi connectivity index (χ1n) is 7.49. The van der Waals surface area contributed by atoms with Crippen LogP contribution >= 0.6 is 11.6 Å². The van der Waals surface area contributed by atoms with Crippen molar-refractivity contribution in [3.63, 3.8) is 0 Å². The number of para-hydroxylation sites is 1. The molecule has 10 heteroatoms. The van der Waals surface area contributed by atoms with Crippen LogP contribution < -0.4 is 4.31 Å². The van der Waals surface area contributed by atoms with Gasteiger partial charge in [0.05, 0.1) is 34.9 Å². The van der Waals surface area contributed by atoms with E-state index in [-0.39, 0.29) is 22.8 Å². The van der Waals surface area contributed by atoms with Crippen LogP contribution in [0.3, 0.4) is 0 Å². The minimum atomic E-state index is -4.33. The van der Waals surface area contributed by atoms with Gasteiger partial charge in [0, 0.05) is 6.07 Å². The topological polar surface area (TPSA) is 107 Å². The highest BCUT2D eigenvalue weighted by atomic mass is 35.5. The van der Waals surface area contributed by atoms with Gasteiger partial charge in [-0.2, -0.15) is 0 Å². The normalized spacial score (nSPS) is 10.9. The first kappa shape index (κ1) is 20.4. The van der Waals surface area contributed by atoms with Gasteiger partial charge >= 0.3 is 5.97 Å². The molecule has 0 aliphatic rings. The number of hydrogen-bond donors (Lipinski definition) is 0. The molecule has 0 amide bonds. The van der Waals surface area contributed by atoms with Crippen molar-refractivity contribution in [3.05, 3.63) is 75.8 Å². The van der Waals surface area contributed by atoms with Crippen LogP contribution in [-0.4, -0.2) is 33.0 Å². The summed E-state index contributed by atoms with van der Waals surface area (Å²) in [4.78, 5) is 21.8. The molecule has 0 fully saturated rings. The Bertz CT molecular complexity index is 1010. The first-order chi connectivity index (χ1) is 12.7. The minimum Gasteiger partial charge on any atom is -0.465 e. The number of nitro groups is 1. The van der Waals surface area contributed by atoms with E-state index in [0.29, 0.717) is 0 Å². The second-order valence-electron chi connectivity index (χ2n) is 5.21. The summed E-state index contributed by atoms with van der Waals surface area (Å²) in [5, 5.41) is 11.3. The average molecular weight is 411 g/mol. The Morgan fingerprint density at radius 3 is 2.59 bits per heavy atom. The Morgan fingerprint density at radius 1 is 1.33 bits per heavy atom. The van der Waals surface area contributed by atoms with Crippen molar-refractivity contribution in [2.75, 3.05) is 18.0 Å². The number of rotatable bonds is 7. The third kappa shape index (κ3) is 4.09. The number of carbonyl (C=O) groups is 1. The molecule has 0 saturated carbocycles. The largest absolute Gasteiger partial charge is 0.465 e. The monoisotopic (exact) mass is 410 g/mol. The van der Waals surface area contributed by atoms with Crippen molar-refractivity contribution in [1.82, 2.24) is 0 Å². The summed E-state index contributed by atoms with van der Waals surface area (Å²) < 4.78 is 31.7. The van der Waals surface area contributed by atoms with Crippen molar-refractivity contribution < 1.29 is 22.9 Å². The van der Waals surface area contributed by atoms with Crippen LogP contribution in [0, 0.1) is 10.1 Å². The maximum Gasteiger partial charge on any atom is 0.339 e. The summed E-state index contributed by atoms with van der Waals surface area (Å²) in [6.45, 7) is 3.34. The maximum atomic E-state index is 13.1. The van der Waals surface area contributed by atoms with Gasteiger partial charge in [-0.25, -0.2) is 13.2 Å². The van der Waals surface area contributed by atoms with Crippen LogP contribution in [0.1, 0.15) is 10.4 Å². The summed E-state index contributed by atoms with van der Waals surface area (Å²) in [5.74, 6) is -0.747. The number of nitrogens with zero attached hydrogens (tertiary/aromatic N) is 2. The number of esters is 1. The lowest BCUT2D eigenvalue weighted by Crippen LogP contribution is -2.31. The van der Waals surface area contributed by atoms with Gasteiger partial charge in [0.1, 0.15) is 0 Å². The predicted molar refractivity (Wildman–Crippen MR) is 101 cm³/mol. The Labute approximate surface area is 160 Å². The molecule has 0 bridgehead atoms. The number of sulfonamides is 1. The molecule has 2 aromatic rings. The molecule has 27 heavy (non-hydrogen) atoms. The molecule has 0 saturated heterocycles. The molecule has 0 N–H and O–H groups in total. The number of hydrogen-bond acceptors (Lipinski definition) is 6. The van der Waals surface area contributed by atoms with Crippen molar-refractivity contribution in [2.45, 2.75) is 4.90 Å². The molecule has 0 atom stereocenters. The van der Waals surface area contributed by atoms with E-state index in [1.165, 1.54) is 36.4 Å². The molecule has 0 unspecified atom stereocenters. The maximum absolute atomic E-state index is 13.1. The van der Waals surface area contributed by atoms with Gasteiger partial charge in [-0.1, -0.05) is 29.8 Å². The van der Waals surface area contributed by atoms with E-state index in [1.54, 1.807) is 0 Å². The highest BCUT2D eigenvalue weighted by molar-refractivity contribution is 7.93. The van der Waals surface area contributed by atoms with Gasteiger partial charge in [0.2, 0.25) is 0 Å². The number of methoxy groups -OCH3 is 1. The Morgan fingerprint density at radius 2 is 2.00 bits per heavy atom. The van der Waals surface area contributed by atoms with Crippen LogP contribution in [0.4, 0.5) is 11.4 Å². The second kappa shape index (κ2) is 8.19. The zero-order chi connectivity index (χ0) is 20.2. The number of anilines is 1. The highest BCUT2D eigenvalue weighted by Gasteiger charge is 2.31.